The lowest BCUT2D eigenvalue weighted by atomic mass is 9.70. The summed E-state index contributed by atoms with van der Waals surface area (Å²) in [5, 5.41) is 10.4. The molecule has 4 atom stereocenters. The molecular formula is C16H28O3. The first kappa shape index (κ1) is 14.8. The number of aliphatic hydroxyl groups is 1. The second kappa shape index (κ2) is 5.08. The molecule has 0 amide bonds. The molecule has 0 spiro atoms. The number of carbonyl (C=O) groups excluding carboxylic acids is 1. The fourth-order valence-electron chi connectivity index (χ4n) is 4.49. The first-order valence-corrected chi connectivity index (χ1v) is 7.58. The highest BCUT2D eigenvalue weighted by Crippen LogP contribution is 2.57. The third-order valence-electron chi connectivity index (χ3n) is 5.74. The molecule has 2 fully saturated rings. The molecule has 0 aromatic heterocycles. The van der Waals surface area contributed by atoms with Gasteiger partial charge < -0.3 is 9.84 Å². The van der Waals surface area contributed by atoms with Crippen molar-refractivity contribution in [2.24, 2.45) is 23.2 Å². The Labute approximate surface area is 116 Å². The molecule has 19 heavy (non-hydrogen) atoms. The highest BCUT2D eigenvalue weighted by Gasteiger charge is 2.50. The predicted octanol–water partition coefficient (Wildman–Crippen LogP) is 3.15. The number of esters is 1. The molecular weight excluding hydrogens is 240 g/mol. The lowest BCUT2D eigenvalue weighted by Crippen LogP contribution is -2.37. The van der Waals surface area contributed by atoms with Crippen molar-refractivity contribution in [3.63, 3.8) is 0 Å². The van der Waals surface area contributed by atoms with Gasteiger partial charge in [-0.15, -0.1) is 0 Å². The highest BCUT2D eigenvalue weighted by atomic mass is 16.5. The van der Waals surface area contributed by atoms with E-state index in [2.05, 4.69) is 6.92 Å². The normalized spacial score (nSPS) is 39.5. The quantitative estimate of drug-likeness (QED) is 0.783. The summed E-state index contributed by atoms with van der Waals surface area (Å²) >= 11 is 0. The zero-order valence-electron chi connectivity index (χ0n) is 12.7. The maximum absolute atomic E-state index is 11.8. The van der Waals surface area contributed by atoms with Crippen molar-refractivity contribution in [2.75, 3.05) is 7.11 Å². The van der Waals surface area contributed by atoms with E-state index in [4.69, 9.17) is 4.74 Å². The summed E-state index contributed by atoms with van der Waals surface area (Å²) in [5.74, 6) is 0.925. The van der Waals surface area contributed by atoms with E-state index in [1.165, 1.54) is 13.5 Å². The highest BCUT2D eigenvalue weighted by molar-refractivity contribution is 5.72. The number of hydrogen-bond acceptors (Lipinski definition) is 3. The van der Waals surface area contributed by atoms with Crippen LogP contribution in [-0.4, -0.2) is 23.8 Å². The molecule has 1 unspecified atom stereocenters. The number of methoxy groups -OCH3 is 1. The molecule has 2 aliphatic rings. The van der Waals surface area contributed by atoms with Crippen LogP contribution in [0.3, 0.4) is 0 Å². The summed E-state index contributed by atoms with van der Waals surface area (Å²) in [6.45, 7) is 6.22. The Bertz CT molecular complexity index is 344. The molecule has 0 aliphatic heterocycles. The van der Waals surface area contributed by atoms with E-state index >= 15 is 0 Å². The van der Waals surface area contributed by atoms with Gasteiger partial charge in [-0.05, 0) is 69.6 Å². The Balaban J connectivity index is 2.14. The minimum absolute atomic E-state index is 0.0524. The summed E-state index contributed by atoms with van der Waals surface area (Å²) in [4.78, 5) is 11.8. The van der Waals surface area contributed by atoms with Crippen molar-refractivity contribution in [3.8, 4) is 0 Å². The Hall–Kier alpha value is -0.570. The molecule has 110 valence electrons. The van der Waals surface area contributed by atoms with Gasteiger partial charge in [-0.25, -0.2) is 0 Å². The molecule has 0 aromatic carbocycles. The van der Waals surface area contributed by atoms with Crippen LogP contribution in [0.2, 0.25) is 0 Å². The van der Waals surface area contributed by atoms with Gasteiger partial charge in [-0.3, -0.25) is 4.79 Å². The van der Waals surface area contributed by atoms with Crippen LogP contribution in [0.4, 0.5) is 0 Å². The summed E-state index contributed by atoms with van der Waals surface area (Å²) in [5.41, 5.74) is -0.305. The molecule has 0 saturated heterocycles. The Kier molecular flexibility index (Phi) is 3.97. The maximum Gasteiger partial charge on any atom is 0.308 e. The minimum atomic E-state index is -0.604. The number of carbonyl (C=O) groups is 1. The number of fused-ring (bicyclic) bond motifs is 1. The van der Waals surface area contributed by atoms with E-state index in [0.29, 0.717) is 17.3 Å². The fourth-order valence-corrected chi connectivity index (χ4v) is 4.49. The van der Waals surface area contributed by atoms with Gasteiger partial charge in [0.15, 0.2) is 0 Å². The average molecular weight is 268 g/mol. The monoisotopic (exact) mass is 268 g/mol. The van der Waals surface area contributed by atoms with E-state index in [1.54, 1.807) is 0 Å². The molecule has 3 heteroatoms. The van der Waals surface area contributed by atoms with Crippen molar-refractivity contribution in [1.82, 2.24) is 0 Å². The predicted molar refractivity (Wildman–Crippen MR) is 74.6 cm³/mol. The van der Waals surface area contributed by atoms with Crippen LogP contribution in [0.15, 0.2) is 0 Å². The van der Waals surface area contributed by atoms with Crippen LogP contribution in [0.5, 0.6) is 0 Å². The number of rotatable bonds is 2. The largest absolute Gasteiger partial charge is 0.469 e. The minimum Gasteiger partial charge on any atom is -0.469 e. The molecule has 2 saturated carbocycles. The van der Waals surface area contributed by atoms with Crippen molar-refractivity contribution in [3.05, 3.63) is 0 Å². The number of ether oxygens (including phenoxy) is 1. The van der Waals surface area contributed by atoms with Crippen LogP contribution in [0.1, 0.15) is 59.3 Å². The Morgan fingerprint density at radius 2 is 1.84 bits per heavy atom. The lowest BCUT2D eigenvalue weighted by molar-refractivity contribution is -0.145. The smallest absolute Gasteiger partial charge is 0.308 e. The van der Waals surface area contributed by atoms with Gasteiger partial charge in [0.25, 0.3) is 0 Å². The van der Waals surface area contributed by atoms with Gasteiger partial charge in [0.05, 0.1) is 18.6 Å². The second-order valence-corrected chi connectivity index (χ2v) is 7.40. The van der Waals surface area contributed by atoms with E-state index in [9.17, 15) is 9.90 Å². The van der Waals surface area contributed by atoms with Crippen LogP contribution < -0.4 is 0 Å². The SMILES string of the molecule is COC(=O)C1CC[C@H]2[C@@H](C(C)(C)O)CC[C@]2(C)CC1. The lowest BCUT2D eigenvalue weighted by Gasteiger charge is -2.37. The van der Waals surface area contributed by atoms with Crippen molar-refractivity contribution in [1.29, 1.82) is 0 Å². The zero-order valence-corrected chi connectivity index (χ0v) is 12.7. The van der Waals surface area contributed by atoms with E-state index in [0.717, 1.165) is 32.1 Å². The summed E-state index contributed by atoms with van der Waals surface area (Å²) in [6, 6.07) is 0. The summed E-state index contributed by atoms with van der Waals surface area (Å²) in [6.07, 6.45) is 6.29. The average Bonchev–Trinajstić information content (AvgIpc) is 2.57. The maximum atomic E-state index is 11.8. The van der Waals surface area contributed by atoms with Crippen LogP contribution in [-0.2, 0) is 9.53 Å². The van der Waals surface area contributed by atoms with Crippen LogP contribution in [0, 0.1) is 23.2 Å². The van der Waals surface area contributed by atoms with Gasteiger partial charge >= 0.3 is 5.97 Å². The zero-order chi connectivity index (χ0) is 14.3. The van der Waals surface area contributed by atoms with Gasteiger partial charge in [0, 0.05) is 0 Å². The summed E-state index contributed by atoms with van der Waals surface area (Å²) < 4.78 is 4.91. The van der Waals surface area contributed by atoms with E-state index in [-0.39, 0.29) is 11.9 Å². The molecule has 2 aliphatic carbocycles. The Morgan fingerprint density at radius 3 is 2.42 bits per heavy atom. The van der Waals surface area contributed by atoms with Gasteiger partial charge in [-0.1, -0.05) is 6.92 Å². The second-order valence-electron chi connectivity index (χ2n) is 7.40. The molecule has 0 radical (unpaired) electrons. The molecule has 1 N–H and O–H groups in total. The molecule has 0 heterocycles. The number of hydrogen-bond donors (Lipinski definition) is 1. The summed E-state index contributed by atoms with van der Waals surface area (Å²) in [7, 11) is 1.48. The van der Waals surface area contributed by atoms with Crippen molar-refractivity contribution in [2.45, 2.75) is 64.9 Å². The van der Waals surface area contributed by atoms with Gasteiger partial charge in [0.1, 0.15) is 0 Å². The third kappa shape index (κ3) is 2.81. The van der Waals surface area contributed by atoms with Crippen LogP contribution >= 0.6 is 0 Å². The molecule has 2 rings (SSSR count). The fraction of sp³-hybridized carbons (Fsp3) is 0.938. The van der Waals surface area contributed by atoms with Crippen molar-refractivity contribution >= 4 is 5.97 Å². The van der Waals surface area contributed by atoms with Gasteiger partial charge in [-0.2, -0.15) is 0 Å². The topological polar surface area (TPSA) is 46.5 Å². The first-order valence-electron chi connectivity index (χ1n) is 7.58. The van der Waals surface area contributed by atoms with Crippen molar-refractivity contribution < 1.29 is 14.6 Å². The Morgan fingerprint density at radius 1 is 1.21 bits per heavy atom. The van der Waals surface area contributed by atoms with Crippen LogP contribution in [0.25, 0.3) is 0 Å². The third-order valence-corrected chi connectivity index (χ3v) is 5.74. The molecule has 3 nitrogen and oxygen atoms in total. The first-order chi connectivity index (χ1) is 8.78. The molecule has 0 aromatic rings. The standard InChI is InChI=1S/C16H28O3/c1-15(2,18)12-8-10-16(3)9-7-11(14(17)19-4)5-6-13(12)16/h11-13,18H,5-10H2,1-4H3/t11?,12-,13-,16-/m0/s1. The molecule has 0 bridgehead atoms. The van der Waals surface area contributed by atoms with Gasteiger partial charge in [0.2, 0.25) is 0 Å². The van der Waals surface area contributed by atoms with E-state index < -0.39 is 5.60 Å². The van der Waals surface area contributed by atoms with E-state index in [1.807, 2.05) is 13.8 Å².